The predicted molar refractivity (Wildman–Crippen MR) is 58.3 cm³/mol. The van der Waals surface area contributed by atoms with Gasteiger partial charge in [-0.05, 0) is 25.5 Å². The van der Waals surface area contributed by atoms with Crippen molar-refractivity contribution in [3.05, 3.63) is 29.8 Å². The van der Waals surface area contributed by atoms with Crippen molar-refractivity contribution in [3.63, 3.8) is 0 Å². The van der Waals surface area contributed by atoms with Crippen LogP contribution >= 0.6 is 0 Å². The molecule has 2 amide bonds. The standard InChI is InChI=1S/C11H14F2N2O/c1-3-7(2)14-11(16)15-10-6-8(12)4-5-9(10)13/h4-7H,3H2,1-2H3,(H2,14,15,16). The number of carbonyl (C=O) groups excluding carboxylic acids is 1. The maximum absolute atomic E-state index is 13.1. The Labute approximate surface area is 92.8 Å². The first-order valence-corrected chi connectivity index (χ1v) is 5.05. The number of nitrogens with one attached hydrogen (secondary N) is 2. The quantitative estimate of drug-likeness (QED) is 0.820. The van der Waals surface area contributed by atoms with Gasteiger partial charge in [0.1, 0.15) is 11.6 Å². The summed E-state index contributed by atoms with van der Waals surface area (Å²) in [5.41, 5.74) is -0.166. The fourth-order valence-corrected chi connectivity index (χ4v) is 1.08. The molecule has 0 heterocycles. The number of urea groups is 1. The third kappa shape index (κ3) is 3.49. The van der Waals surface area contributed by atoms with Crippen LogP contribution in [-0.2, 0) is 0 Å². The van der Waals surface area contributed by atoms with Crippen molar-refractivity contribution < 1.29 is 13.6 Å². The second-order valence-electron chi connectivity index (χ2n) is 3.53. The van der Waals surface area contributed by atoms with E-state index in [1.165, 1.54) is 0 Å². The molecule has 0 aliphatic heterocycles. The van der Waals surface area contributed by atoms with Crippen molar-refractivity contribution in [3.8, 4) is 0 Å². The van der Waals surface area contributed by atoms with Gasteiger partial charge in [0.15, 0.2) is 0 Å². The Balaban J connectivity index is 2.65. The van der Waals surface area contributed by atoms with Crippen molar-refractivity contribution in [2.45, 2.75) is 26.3 Å². The molecule has 1 atom stereocenters. The molecule has 1 rings (SSSR count). The Morgan fingerprint density at radius 1 is 1.44 bits per heavy atom. The summed E-state index contributed by atoms with van der Waals surface area (Å²) < 4.78 is 25.9. The molecule has 0 aliphatic carbocycles. The Morgan fingerprint density at radius 3 is 2.75 bits per heavy atom. The van der Waals surface area contributed by atoms with Gasteiger partial charge >= 0.3 is 6.03 Å². The van der Waals surface area contributed by atoms with Gasteiger partial charge in [-0.2, -0.15) is 0 Å². The molecule has 88 valence electrons. The third-order valence-electron chi connectivity index (χ3n) is 2.17. The van der Waals surface area contributed by atoms with Gasteiger partial charge in [0, 0.05) is 12.1 Å². The summed E-state index contributed by atoms with van der Waals surface area (Å²) in [4.78, 5) is 11.3. The van der Waals surface area contributed by atoms with Gasteiger partial charge < -0.3 is 10.6 Å². The van der Waals surface area contributed by atoms with E-state index in [-0.39, 0.29) is 11.7 Å². The molecule has 2 N–H and O–H groups in total. The number of benzene rings is 1. The first-order valence-electron chi connectivity index (χ1n) is 5.05. The summed E-state index contributed by atoms with van der Waals surface area (Å²) in [6, 6.07) is 2.34. The number of rotatable bonds is 3. The SMILES string of the molecule is CCC(C)NC(=O)Nc1cc(F)ccc1F. The van der Waals surface area contributed by atoms with E-state index in [0.29, 0.717) is 0 Å². The Bertz CT molecular complexity index is 382. The summed E-state index contributed by atoms with van der Waals surface area (Å²) in [5.74, 6) is -1.26. The molecule has 0 fully saturated rings. The van der Waals surface area contributed by atoms with Crippen molar-refractivity contribution in [2.24, 2.45) is 0 Å². The molecule has 1 aromatic carbocycles. The van der Waals surface area contributed by atoms with Crippen LogP contribution in [0, 0.1) is 11.6 Å². The highest BCUT2D eigenvalue weighted by atomic mass is 19.1. The van der Waals surface area contributed by atoms with Gasteiger partial charge in [-0.25, -0.2) is 13.6 Å². The van der Waals surface area contributed by atoms with Crippen molar-refractivity contribution >= 4 is 11.7 Å². The second-order valence-corrected chi connectivity index (χ2v) is 3.53. The smallest absolute Gasteiger partial charge is 0.319 e. The van der Waals surface area contributed by atoms with Gasteiger partial charge in [-0.3, -0.25) is 0 Å². The zero-order chi connectivity index (χ0) is 12.1. The Kier molecular flexibility index (Phi) is 4.22. The van der Waals surface area contributed by atoms with Crippen LogP contribution in [0.25, 0.3) is 0 Å². The van der Waals surface area contributed by atoms with E-state index in [1.807, 2.05) is 13.8 Å². The highest BCUT2D eigenvalue weighted by molar-refractivity contribution is 5.89. The van der Waals surface area contributed by atoms with Crippen molar-refractivity contribution in [2.75, 3.05) is 5.32 Å². The number of halogens is 2. The van der Waals surface area contributed by atoms with Crippen LogP contribution in [0.4, 0.5) is 19.3 Å². The number of amides is 2. The van der Waals surface area contributed by atoms with Crippen LogP contribution in [0.3, 0.4) is 0 Å². The van der Waals surface area contributed by atoms with E-state index in [1.54, 1.807) is 0 Å². The van der Waals surface area contributed by atoms with Crippen LogP contribution in [0.15, 0.2) is 18.2 Å². The van der Waals surface area contributed by atoms with E-state index in [2.05, 4.69) is 10.6 Å². The van der Waals surface area contributed by atoms with Crippen molar-refractivity contribution in [1.29, 1.82) is 0 Å². The van der Waals surface area contributed by atoms with E-state index in [0.717, 1.165) is 24.6 Å². The van der Waals surface area contributed by atoms with E-state index in [9.17, 15) is 13.6 Å². The molecular weight excluding hydrogens is 214 g/mol. The van der Waals surface area contributed by atoms with Gasteiger partial charge in [-0.15, -0.1) is 0 Å². The maximum atomic E-state index is 13.1. The third-order valence-corrected chi connectivity index (χ3v) is 2.17. The predicted octanol–water partition coefficient (Wildman–Crippen LogP) is 2.88. The van der Waals surface area contributed by atoms with E-state index >= 15 is 0 Å². The fourth-order valence-electron chi connectivity index (χ4n) is 1.08. The minimum Gasteiger partial charge on any atom is -0.335 e. The Morgan fingerprint density at radius 2 is 2.12 bits per heavy atom. The summed E-state index contributed by atoms with van der Waals surface area (Å²) in [7, 11) is 0. The molecule has 0 radical (unpaired) electrons. The molecule has 0 saturated carbocycles. The molecule has 3 nitrogen and oxygen atoms in total. The van der Waals surface area contributed by atoms with Crippen LogP contribution in [-0.4, -0.2) is 12.1 Å². The normalized spacial score (nSPS) is 12.0. The minimum atomic E-state index is -0.666. The molecule has 0 bridgehead atoms. The molecule has 0 spiro atoms. The van der Waals surface area contributed by atoms with Gasteiger partial charge in [0.2, 0.25) is 0 Å². The van der Waals surface area contributed by atoms with Crippen LogP contribution < -0.4 is 10.6 Å². The van der Waals surface area contributed by atoms with Gasteiger partial charge in [0.25, 0.3) is 0 Å². The van der Waals surface area contributed by atoms with Crippen LogP contribution in [0.1, 0.15) is 20.3 Å². The average Bonchev–Trinajstić information content (AvgIpc) is 2.23. The molecular formula is C11H14F2N2O. The molecule has 1 aromatic rings. The second kappa shape index (κ2) is 5.44. The summed E-state index contributed by atoms with van der Waals surface area (Å²) >= 11 is 0. The number of carbonyl (C=O) groups is 1. The largest absolute Gasteiger partial charge is 0.335 e. The lowest BCUT2D eigenvalue weighted by molar-refractivity contribution is 0.249. The summed E-state index contributed by atoms with van der Waals surface area (Å²) in [5, 5.41) is 4.84. The molecule has 0 saturated heterocycles. The molecule has 0 aromatic heterocycles. The van der Waals surface area contributed by atoms with Crippen LogP contribution in [0.2, 0.25) is 0 Å². The van der Waals surface area contributed by atoms with Gasteiger partial charge in [-0.1, -0.05) is 6.92 Å². The summed E-state index contributed by atoms with van der Waals surface area (Å²) in [6.45, 7) is 3.73. The monoisotopic (exact) mass is 228 g/mol. The highest BCUT2D eigenvalue weighted by Crippen LogP contribution is 2.14. The van der Waals surface area contributed by atoms with Gasteiger partial charge in [0.05, 0.1) is 5.69 Å². The molecule has 1 unspecified atom stereocenters. The van der Waals surface area contributed by atoms with Crippen molar-refractivity contribution in [1.82, 2.24) is 5.32 Å². The zero-order valence-corrected chi connectivity index (χ0v) is 9.18. The maximum Gasteiger partial charge on any atom is 0.319 e. The Hall–Kier alpha value is -1.65. The molecule has 5 heteroatoms. The topological polar surface area (TPSA) is 41.1 Å². The number of anilines is 1. The summed E-state index contributed by atoms with van der Waals surface area (Å²) in [6.07, 6.45) is 0.763. The number of hydrogen-bond donors (Lipinski definition) is 2. The lowest BCUT2D eigenvalue weighted by Crippen LogP contribution is -2.35. The molecule has 0 aliphatic rings. The lowest BCUT2D eigenvalue weighted by atomic mass is 10.2. The first-order chi connectivity index (χ1) is 7.52. The van der Waals surface area contributed by atoms with E-state index in [4.69, 9.17) is 0 Å². The average molecular weight is 228 g/mol. The molecule has 16 heavy (non-hydrogen) atoms. The van der Waals surface area contributed by atoms with E-state index < -0.39 is 17.7 Å². The lowest BCUT2D eigenvalue weighted by Gasteiger charge is -2.12. The number of hydrogen-bond acceptors (Lipinski definition) is 1. The van der Waals surface area contributed by atoms with Crippen LogP contribution in [0.5, 0.6) is 0 Å². The fraction of sp³-hybridized carbons (Fsp3) is 0.364. The first kappa shape index (κ1) is 12.4. The minimum absolute atomic E-state index is 0.0170. The zero-order valence-electron chi connectivity index (χ0n) is 9.18. The highest BCUT2D eigenvalue weighted by Gasteiger charge is 2.09.